The lowest BCUT2D eigenvalue weighted by molar-refractivity contribution is -0.116. The molecule has 1 aromatic carbocycles. The molecular formula is C23H30N4O. The molecule has 5 heteroatoms. The lowest BCUT2D eigenvalue weighted by Crippen LogP contribution is -2.36. The van der Waals surface area contributed by atoms with Gasteiger partial charge in [0.25, 0.3) is 0 Å². The number of nitriles is 1. The lowest BCUT2D eigenvalue weighted by atomic mass is 10.0. The number of fused-ring (bicyclic) bond motifs is 1. The highest BCUT2D eigenvalue weighted by atomic mass is 16.1. The fourth-order valence-corrected chi connectivity index (χ4v) is 3.99. The van der Waals surface area contributed by atoms with E-state index in [4.69, 9.17) is 5.26 Å². The minimum Gasteiger partial charge on any atom is -0.353 e. The number of amides is 1. The molecule has 1 fully saturated rings. The number of carbonyl (C=O) groups is 1. The first kappa shape index (κ1) is 20.2. The van der Waals surface area contributed by atoms with Gasteiger partial charge in [0.1, 0.15) is 0 Å². The number of para-hydroxylation sites is 1. The highest BCUT2D eigenvalue weighted by Gasteiger charge is 2.15. The number of aryl methyl sites for hydroxylation is 1. The minimum absolute atomic E-state index is 0.0548. The fraction of sp³-hybridized carbons (Fsp3) is 0.478. The Morgan fingerprint density at radius 2 is 2.21 bits per heavy atom. The molecule has 1 aliphatic rings. The van der Waals surface area contributed by atoms with E-state index >= 15 is 0 Å². The van der Waals surface area contributed by atoms with Crippen LogP contribution < -0.4 is 5.32 Å². The summed E-state index contributed by atoms with van der Waals surface area (Å²) in [6.45, 7) is 7.11. The Morgan fingerprint density at radius 3 is 3.04 bits per heavy atom. The van der Waals surface area contributed by atoms with Crippen molar-refractivity contribution in [1.82, 2.24) is 14.8 Å². The summed E-state index contributed by atoms with van der Waals surface area (Å²) < 4.78 is 2.08. The molecule has 148 valence electrons. The second-order valence-corrected chi connectivity index (χ2v) is 7.73. The highest BCUT2D eigenvalue weighted by molar-refractivity contribution is 5.96. The monoisotopic (exact) mass is 378 g/mol. The number of nitrogens with one attached hydrogen (secondary N) is 1. The van der Waals surface area contributed by atoms with E-state index in [-0.39, 0.29) is 5.91 Å². The molecule has 1 amide bonds. The van der Waals surface area contributed by atoms with Crippen molar-refractivity contribution in [2.24, 2.45) is 5.92 Å². The van der Waals surface area contributed by atoms with E-state index in [9.17, 15) is 4.79 Å². The number of nitrogens with zero attached hydrogens (tertiary/aromatic N) is 3. The van der Waals surface area contributed by atoms with Crippen molar-refractivity contribution in [3.8, 4) is 6.07 Å². The van der Waals surface area contributed by atoms with Crippen molar-refractivity contribution in [1.29, 1.82) is 5.26 Å². The van der Waals surface area contributed by atoms with Gasteiger partial charge in [0.2, 0.25) is 5.91 Å². The van der Waals surface area contributed by atoms with Crippen molar-refractivity contribution in [2.75, 3.05) is 26.2 Å². The van der Waals surface area contributed by atoms with Crippen LogP contribution in [0.4, 0.5) is 0 Å². The molecule has 0 aliphatic carbocycles. The van der Waals surface area contributed by atoms with Crippen LogP contribution in [0.25, 0.3) is 17.0 Å². The maximum atomic E-state index is 12.2. The summed E-state index contributed by atoms with van der Waals surface area (Å²) in [6, 6.07) is 10.3. The molecule has 0 bridgehead atoms. The van der Waals surface area contributed by atoms with Gasteiger partial charge in [0.05, 0.1) is 12.5 Å². The van der Waals surface area contributed by atoms with E-state index in [2.05, 4.69) is 33.8 Å². The number of piperidine rings is 1. The third-order valence-corrected chi connectivity index (χ3v) is 5.39. The van der Waals surface area contributed by atoms with Crippen LogP contribution >= 0.6 is 0 Å². The largest absolute Gasteiger partial charge is 0.353 e. The molecule has 1 atom stereocenters. The third kappa shape index (κ3) is 5.46. The van der Waals surface area contributed by atoms with Gasteiger partial charge in [-0.2, -0.15) is 5.26 Å². The second kappa shape index (κ2) is 10.1. The van der Waals surface area contributed by atoms with Gasteiger partial charge in [-0.3, -0.25) is 4.79 Å². The zero-order chi connectivity index (χ0) is 19.8. The first-order chi connectivity index (χ1) is 13.7. The van der Waals surface area contributed by atoms with Crippen LogP contribution in [0.1, 0.15) is 38.2 Å². The molecule has 28 heavy (non-hydrogen) atoms. The maximum absolute atomic E-state index is 12.2. The molecule has 0 spiro atoms. The summed E-state index contributed by atoms with van der Waals surface area (Å²) >= 11 is 0. The van der Waals surface area contributed by atoms with E-state index in [1.165, 1.54) is 25.9 Å². The number of benzene rings is 1. The Bertz CT molecular complexity index is 861. The van der Waals surface area contributed by atoms with Crippen molar-refractivity contribution in [2.45, 2.75) is 39.2 Å². The Balaban J connectivity index is 1.50. The van der Waals surface area contributed by atoms with Crippen LogP contribution in [0.5, 0.6) is 0 Å². The fourth-order valence-electron chi connectivity index (χ4n) is 3.99. The van der Waals surface area contributed by atoms with Crippen LogP contribution in [-0.4, -0.2) is 41.6 Å². The van der Waals surface area contributed by atoms with Gasteiger partial charge in [-0.15, -0.1) is 0 Å². The number of carbonyl (C=O) groups excluding carboxylic acids is 1. The standard InChI is InChI=1S/C23H30N4O/c1-19-7-4-14-26(17-19)15-6-13-25-23(28)11-10-20-18-27(16-5-12-24)22-9-3-2-8-21(20)22/h2-3,8-11,18-19H,4-7,13-17H2,1H3,(H,25,28). The minimum atomic E-state index is -0.0548. The zero-order valence-electron chi connectivity index (χ0n) is 16.7. The summed E-state index contributed by atoms with van der Waals surface area (Å²) in [6.07, 6.45) is 9.58. The molecule has 2 heterocycles. The number of likely N-dealkylation sites (tertiary alicyclic amines) is 1. The highest BCUT2D eigenvalue weighted by Crippen LogP contribution is 2.22. The lowest BCUT2D eigenvalue weighted by Gasteiger charge is -2.30. The Hall–Kier alpha value is -2.58. The molecule has 1 N–H and O–H groups in total. The van der Waals surface area contributed by atoms with E-state index in [1.54, 1.807) is 6.08 Å². The van der Waals surface area contributed by atoms with Crippen LogP contribution in [0.3, 0.4) is 0 Å². The topological polar surface area (TPSA) is 61.1 Å². The molecule has 0 saturated carbocycles. The molecule has 1 unspecified atom stereocenters. The Kier molecular flexibility index (Phi) is 7.27. The van der Waals surface area contributed by atoms with Gasteiger partial charge in [-0.25, -0.2) is 0 Å². The van der Waals surface area contributed by atoms with Gasteiger partial charge in [0, 0.05) is 48.4 Å². The molecule has 5 nitrogen and oxygen atoms in total. The van der Waals surface area contributed by atoms with Gasteiger partial charge >= 0.3 is 0 Å². The van der Waals surface area contributed by atoms with Crippen molar-refractivity contribution in [3.63, 3.8) is 0 Å². The molecule has 2 aromatic rings. The van der Waals surface area contributed by atoms with Crippen molar-refractivity contribution >= 4 is 22.9 Å². The number of hydrogen-bond donors (Lipinski definition) is 1. The van der Waals surface area contributed by atoms with Crippen LogP contribution in [0.2, 0.25) is 0 Å². The average molecular weight is 379 g/mol. The summed E-state index contributed by atoms with van der Waals surface area (Å²) in [7, 11) is 0. The number of hydrogen-bond acceptors (Lipinski definition) is 3. The van der Waals surface area contributed by atoms with E-state index in [0.29, 0.717) is 19.5 Å². The van der Waals surface area contributed by atoms with E-state index in [0.717, 1.165) is 35.3 Å². The SMILES string of the molecule is CC1CCCN(CCCNC(=O)C=Cc2cn(CCC#N)c3ccccc23)C1. The van der Waals surface area contributed by atoms with Gasteiger partial charge in [-0.05, 0) is 50.4 Å². The van der Waals surface area contributed by atoms with E-state index < -0.39 is 0 Å². The van der Waals surface area contributed by atoms with Gasteiger partial charge < -0.3 is 14.8 Å². The summed E-state index contributed by atoms with van der Waals surface area (Å²) in [4.78, 5) is 14.7. The Labute approximate surface area is 167 Å². The average Bonchev–Trinajstić information content (AvgIpc) is 3.06. The van der Waals surface area contributed by atoms with Crippen LogP contribution in [0, 0.1) is 17.2 Å². The summed E-state index contributed by atoms with van der Waals surface area (Å²) in [5, 5.41) is 12.9. The quantitative estimate of drug-likeness (QED) is 0.561. The van der Waals surface area contributed by atoms with E-state index in [1.807, 2.05) is 30.5 Å². The predicted octanol–water partition coefficient (Wildman–Crippen LogP) is 3.81. The first-order valence-corrected chi connectivity index (χ1v) is 10.3. The molecule has 1 saturated heterocycles. The third-order valence-electron chi connectivity index (χ3n) is 5.39. The smallest absolute Gasteiger partial charge is 0.244 e. The molecule has 1 aliphatic heterocycles. The van der Waals surface area contributed by atoms with Gasteiger partial charge in [-0.1, -0.05) is 25.1 Å². The normalized spacial score (nSPS) is 17.8. The van der Waals surface area contributed by atoms with Crippen molar-refractivity contribution < 1.29 is 4.79 Å². The predicted molar refractivity (Wildman–Crippen MR) is 114 cm³/mol. The molecular weight excluding hydrogens is 348 g/mol. The first-order valence-electron chi connectivity index (χ1n) is 10.3. The van der Waals surface area contributed by atoms with Crippen LogP contribution in [-0.2, 0) is 11.3 Å². The molecule has 1 aromatic heterocycles. The second-order valence-electron chi connectivity index (χ2n) is 7.73. The summed E-state index contributed by atoms with van der Waals surface area (Å²) in [5.74, 6) is 0.738. The maximum Gasteiger partial charge on any atom is 0.244 e. The molecule has 0 radical (unpaired) electrons. The number of rotatable bonds is 8. The Morgan fingerprint density at radius 1 is 1.36 bits per heavy atom. The van der Waals surface area contributed by atoms with Crippen molar-refractivity contribution in [3.05, 3.63) is 42.1 Å². The van der Waals surface area contributed by atoms with Crippen LogP contribution in [0.15, 0.2) is 36.5 Å². The number of aromatic nitrogens is 1. The zero-order valence-corrected chi connectivity index (χ0v) is 16.7. The molecule has 3 rings (SSSR count). The summed E-state index contributed by atoms with van der Waals surface area (Å²) in [5.41, 5.74) is 2.10. The van der Waals surface area contributed by atoms with Gasteiger partial charge in [0.15, 0.2) is 0 Å².